The molecule has 0 aliphatic carbocycles. The van der Waals surface area contributed by atoms with Crippen molar-refractivity contribution in [1.82, 2.24) is 5.32 Å². The fraction of sp³-hybridized carbons (Fsp3) is 0.500. The van der Waals surface area contributed by atoms with Crippen LogP contribution in [0.25, 0.3) is 0 Å². The number of hydrogen-bond donors (Lipinski definition) is 2. The van der Waals surface area contributed by atoms with Crippen LogP contribution < -0.4 is 11.1 Å². The number of urea groups is 1. The molecule has 0 spiro atoms. The van der Waals surface area contributed by atoms with Gasteiger partial charge in [-0.25, -0.2) is 4.79 Å². The van der Waals surface area contributed by atoms with E-state index in [2.05, 4.69) is 0 Å². The quantitative estimate of drug-likeness (QED) is 0.574. The molecule has 3 N–H and O–H groups in total. The summed E-state index contributed by atoms with van der Waals surface area (Å²) in [4.78, 5) is 48.5. The van der Waals surface area contributed by atoms with E-state index in [1.807, 2.05) is 19.2 Å². The molecule has 8 heteroatoms. The minimum absolute atomic E-state index is 0.00188. The van der Waals surface area contributed by atoms with E-state index in [1.165, 1.54) is 11.3 Å². The van der Waals surface area contributed by atoms with E-state index in [4.69, 9.17) is 10.5 Å². The molecule has 132 valence electrons. The van der Waals surface area contributed by atoms with E-state index in [0.717, 1.165) is 9.75 Å². The molecule has 0 unspecified atom stereocenters. The van der Waals surface area contributed by atoms with Crippen LogP contribution in [0.5, 0.6) is 0 Å². The number of carbonyl (C=O) groups is 4. The second-order valence-corrected chi connectivity index (χ2v) is 7.22. The van der Waals surface area contributed by atoms with Crippen LogP contribution in [0.4, 0.5) is 4.79 Å². The maximum absolute atomic E-state index is 12.1. The van der Waals surface area contributed by atoms with Crippen molar-refractivity contribution in [1.29, 1.82) is 0 Å². The molecule has 1 heterocycles. The summed E-state index contributed by atoms with van der Waals surface area (Å²) >= 11 is 1.52. The highest BCUT2D eigenvalue weighted by Crippen LogP contribution is 2.22. The second kappa shape index (κ2) is 8.58. The number of nitrogens with two attached hydrogens (primary N) is 1. The van der Waals surface area contributed by atoms with Crippen LogP contribution in [0.15, 0.2) is 6.07 Å². The highest BCUT2D eigenvalue weighted by atomic mass is 32.1. The third-order valence-corrected chi connectivity index (χ3v) is 4.23. The van der Waals surface area contributed by atoms with Crippen molar-refractivity contribution >= 4 is 35.0 Å². The fourth-order valence-corrected chi connectivity index (χ4v) is 3.09. The normalized spacial score (nSPS) is 11.9. The first-order valence-corrected chi connectivity index (χ1v) is 8.33. The number of rotatable bonds is 7. The zero-order valence-electron chi connectivity index (χ0n) is 14.2. The van der Waals surface area contributed by atoms with Crippen molar-refractivity contribution < 1.29 is 23.9 Å². The number of ether oxygens (including phenoxy) is 1. The maximum atomic E-state index is 12.1. The Morgan fingerprint density at radius 3 is 2.29 bits per heavy atom. The van der Waals surface area contributed by atoms with Gasteiger partial charge in [0.25, 0.3) is 5.91 Å². The second-order valence-electron chi connectivity index (χ2n) is 5.76. The predicted octanol–water partition coefficient (Wildman–Crippen LogP) is 2.09. The van der Waals surface area contributed by atoms with Gasteiger partial charge in [0.05, 0.1) is 6.42 Å². The van der Waals surface area contributed by atoms with Crippen molar-refractivity contribution in [3.8, 4) is 0 Å². The number of nitrogens with one attached hydrogen (secondary N) is 1. The van der Waals surface area contributed by atoms with Gasteiger partial charge in [0, 0.05) is 21.7 Å². The van der Waals surface area contributed by atoms with Crippen LogP contribution >= 0.6 is 11.3 Å². The van der Waals surface area contributed by atoms with Crippen LogP contribution in [0.3, 0.4) is 0 Å². The highest BCUT2D eigenvalue weighted by Gasteiger charge is 2.27. The number of Topliss-reactive ketones (excluding diaryl/α,β-unsaturated/α-hetero) is 1. The lowest BCUT2D eigenvalue weighted by Gasteiger charge is -2.19. The van der Waals surface area contributed by atoms with Crippen LogP contribution in [0.1, 0.15) is 46.8 Å². The summed E-state index contributed by atoms with van der Waals surface area (Å²) in [6, 6.07) is 0.783. The van der Waals surface area contributed by atoms with Gasteiger partial charge < -0.3 is 10.5 Å². The molecule has 0 aliphatic rings. The lowest BCUT2D eigenvalue weighted by atomic mass is 10.1. The SMILES string of the molecule is Cc1cc(C(=O)CCC(=O)O[C@@H](C(=O)NC(N)=O)C(C)C)c(C)s1. The molecule has 0 aromatic carbocycles. The molecule has 0 fully saturated rings. The summed E-state index contributed by atoms with van der Waals surface area (Å²) in [5.41, 5.74) is 5.49. The lowest BCUT2D eigenvalue weighted by Crippen LogP contribution is -2.45. The number of thiophene rings is 1. The first kappa shape index (κ1) is 19.8. The van der Waals surface area contributed by atoms with Gasteiger partial charge in [0.1, 0.15) is 0 Å². The van der Waals surface area contributed by atoms with E-state index in [-0.39, 0.29) is 24.5 Å². The van der Waals surface area contributed by atoms with Crippen LogP contribution in [0, 0.1) is 19.8 Å². The first-order valence-electron chi connectivity index (χ1n) is 7.51. The molecule has 3 amide bonds. The summed E-state index contributed by atoms with van der Waals surface area (Å²) < 4.78 is 5.09. The standard InChI is InChI=1S/C16H22N2O5S/c1-8(2)14(15(21)18-16(17)22)23-13(20)6-5-12(19)11-7-9(3)24-10(11)4/h7-8,14H,5-6H2,1-4H3,(H3,17,18,21,22)/t14-/m1/s1. The van der Waals surface area contributed by atoms with Gasteiger partial charge in [-0.3, -0.25) is 19.7 Å². The molecular formula is C16H22N2O5S. The highest BCUT2D eigenvalue weighted by molar-refractivity contribution is 7.12. The number of aryl methyl sites for hydroxylation is 2. The van der Waals surface area contributed by atoms with Gasteiger partial charge in [-0.05, 0) is 25.8 Å². The zero-order valence-corrected chi connectivity index (χ0v) is 15.0. The molecule has 7 nitrogen and oxygen atoms in total. The smallest absolute Gasteiger partial charge is 0.318 e. The summed E-state index contributed by atoms with van der Waals surface area (Å²) in [6.07, 6.45) is -1.27. The third-order valence-electron chi connectivity index (χ3n) is 3.27. The van der Waals surface area contributed by atoms with E-state index in [9.17, 15) is 19.2 Å². The summed E-state index contributed by atoms with van der Waals surface area (Å²) in [5.74, 6) is -1.94. The number of ketones is 1. The van der Waals surface area contributed by atoms with E-state index in [0.29, 0.717) is 5.56 Å². The molecule has 0 saturated carbocycles. The number of amides is 3. The third kappa shape index (κ3) is 5.77. The molecule has 0 bridgehead atoms. The molecule has 1 atom stereocenters. The number of esters is 1. The van der Waals surface area contributed by atoms with Gasteiger partial charge in [-0.15, -0.1) is 11.3 Å². The molecule has 0 saturated heterocycles. The zero-order chi connectivity index (χ0) is 18.4. The molecule has 0 radical (unpaired) electrons. The van der Waals surface area contributed by atoms with Crippen molar-refractivity contribution in [2.75, 3.05) is 0 Å². The average Bonchev–Trinajstić information content (AvgIpc) is 2.79. The van der Waals surface area contributed by atoms with Crippen LogP contribution in [-0.4, -0.2) is 29.8 Å². The Morgan fingerprint density at radius 2 is 1.83 bits per heavy atom. The Hall–Kier alpha value is -2.22. The lowest BCUT2D eigenvalue weighted by molar-refractivity contribution is -0.158. The monoisotopic (exact) mass is 354 g/mol. The van der Waals surface area contributed by atoms with Gasteiger partial charge in [0.2, 0.25) is 0 Å². The number of imide groups is 1. The minimum Gasteiger partial charge on any atom is -0.452 e. The largest absolute Gasteiger partial charge is 0.452 e. The average molecular weight is 354 g/mol. The molecular weight excluding hydrogens is 332 g/mol. The van der Waals surface area contributed by atoms with Crippen LogP contribution in [-0.2, 0) is 14.3 Å². The van der Waals surface area contributed by atoms with Gasteiger partial charge in [-0.1, -0.05) is 13.8 Å². The molecule has 24 heavy (non-hydrogen) atoms. The Kier molecular flexibility index (Phi) is 7.09. The molecule has 1 aromatic heterocycles. The van der Waals surface area contributed by atoms with Crippen molar-refractivity contribution in [3.05, 3.63) is 21.4 Å². The molecule has 0 aliphatic heterocycles. The van der Waals surface area contributed by atoms with Gasteiger partial charge in [-0.2, -0.15) is 0 Å². The number of carbonyl (C=O) groups excluding carboxylic acids is 4. The Labute approximate surface area is 144 Å². The molecule has 1 aromatic rings. The van der Waals surface area contributed by atoms with Crippen molar-refractivity contribution in [2.45, 2.75) is 46.6 Å². The van der Waals surface area contributed by atoms with Crippen molar-refractivity contribution in [2.24, 2.45) is 11.7 Å². The fourth-order valence-electron chi connectivity index (χ4n) is 2.14. The van der Waals surface area contributed by atoms with Gasteiger partial charge >= 0.3 is 12.0 Å². The van der Waals surface area contributed by atoms with E-state index >= 15 is 0 Å². The topological polar surface area (TPSA) is 116 Å². The van der Waals surface area contributed by atoms with Crippen LogP contribution in [0.2, 0.25) is 0 Å². The summed E-state index contributed by atoms with van der Waals surface area (Å²) in [6.45, 7) is 7.10. The first-order chi connectivity index (χ1) is 11.1. The predicted molar refractivity (Wildman–Crippen MR) is 89.8 cm³/mol. The van der Waals surface area contributed by atoms with Gasteiger partial charge in [0.15, 0.2) is 11.9 Å². The minimum atomic E-state index is -1.13. The molecule has 1 rings (SSSR count). The number of primary amides is 1. The number of hydrogen-bond acceptors (Lipinski definition) is 6. The maximum Gasteiger partial charge on any atom is 0.318 e. The van der Waals surface area contributed by atoms with E-state index in [1.54, 1.807) is 19.9 Å². The summed E-state index contributed by atoms with van der Waals surface area (Å²) in [7, 11) is 0. The Bertz CT molecular complexity index is 651. The Morgan fingerprint density at radius 1 is 1.21 bits per heavy atom. The Balaban J connectivity index is 2.60. The summed E-state index contributed by atoms with van der Waals surface area (Å²) in [5, 5.41) is 1.89. The van der Waals surface area contributed by atoms with E-state index < -0.39 is 24.0 Å². The van der Waals surface area contributed by atoms with Crippen molar-refractivity contribution in [3.63, 3.8) is 0 Å².